The molecule has 1 atom stereocenters. The monoisotopic (exact) mass is 352 g/mol. The van der Waals surface area contributed by atoms with Crippen LogP contribution in [-0.2, 0) is 0 Å². The van der Waals surface area contributed by atoms with Crippen LogP contribution in [0.4, 0.5) is 4.39 Å². The van der Waals surface area contributed by atoms with Gasteiger partial charge in [-0.25, -0.2) is 14.1 Å². The predicted octanol–water partition coefficient (Wildman–Crippen LogP) is 3.74. The third kappa shape index (κ3) is 2.85. The van der Waals surface area contributed by atoms with E-state index >= 15 is 0 Å². The van der Waals surface area contributed by atoms with E-state index in [-0.39, 0.29) is 11.7 Å². The highest BCUT2D eigenvalue weighted by Crippen LogP contribution is 2.25. The van der Waals surface area contributed by atoms with Crippen molar-refractivity contribution in [3.05, 3.63) is 53.6 Å². The van der Waals surface area contributed by atoms with E-state index in [1.165, 1.54) is 10.7 Å². The Bertz CT molecular complexity index is 981. The van der Waals surface area contributed by atoms with E-state index < -0.39 is 0 Å². The number of hydrogen-bond donors (Lipinski definition) is 0. The van der Waals surface area contributed by atoms with Crippen molar-refractivity contribution in [3.63, 3.8) is 0 Å². The molecule has 1 fully saturated rings. The van der Waals surface area contributed by atoms with Gasteiger partial charge < -0.3 is 4.90 Å². The van der Waals surface area contributed by atoms with E-state index in [4.69, 9.17) is 0 Å². The molecule has 6 heteroatoms. The molecule has 0 unspecified atom stereocenters. The van der Waals surface area contributed by atoms with Gasteiger partial charge in [0, 0.05) is 18.8 Å². The highest BCUT2D eigenvalue weighted by molar-refractivity contribution is 6.05. The van der Waals surface area contributed by atoms with E-state index in [2.05, 4.69) is 17.0 Å². The fraction of sp³-hybridized carbons (Fsp3) is 0.350. The van der Waals surface area contributed by atoms with Gasteiger partial charge in [0.15, 0.2) is 5.65 Å². The van der Waals surface area contributed by atoms with Gasteiger partial charge in [-0.3, -0.25) is 4.79 Å². The van der Waals surface area contributed by atoms with Crippen LogP contribution >= 0.6 is 0 Å². The van der Waals surface area contributed by atoms with Crippen molar-refractivity contribution in [1.82, 2.24) is 19.7 Å². The molecule has 1 aromatic carbocycles. The summed E-state index contributed by atoms with van der Waals surface area (Å²) in [7, 11) is 0. The third-order valence-electron chi connectivity index (χ3n) is 4.92. The van der Waals surface area contributed by atoms with Crippen LogP contribution in [0.25, 0.3) is 16.7 Å². The zero-order chi connectivity index (χ0) is 18.3. The number of para-hydroxylation sites is 1. The zero-order valence-electron chi connectivity index (χ0n) is 14.9. The molecule has 1 saturated heterocycles. The number of hydrogen-bond acceptors (Lipinski definition) is 3. The van der Waals surface area contributed by atoms with Gasteiger partial charge >= 0.3 is 0 Å². The predicted molar refractivity (Wildman–Crippen MR) is 97.9 cm³/mol. The minimum Gasteiger partial charge on any atom is -0.338 e. The molecule has 134 valence electrons. The molecular weight excluding hydrogens is 331 g/mol. The molecule has 26 heavy (non-hydrogen) atoms. The average Bonchev–Trinajstić information content (AvgIpc) is 3.04. The molecule has 1 amide bonds. The van der Waals surface area contributed by atoms with Gasteiger partial charge in [0.05, 0.1) is 17.1 Å². The maximum absolute atomic E-state index is 14.2. The van der Waals surface area contributed by atoms with Gasteiger partial charge in [-0.15, -0.1) is 0 Å². The minimum absolute atomic E-state index is 0.000124. The number of aryl methyl sites for hydroxylation is 1. The fourth-order valence-electron chi connectivity index (χ4n) is 3.65. The van der Waals surface area contributed by atoms with Crippen LogP contribution in [0.15, 0.2) is 36.5 Å². The smallest absolute Gasteiger partial charge is 0.254 e. The number of pyridine rings is 1. The highest BCUT2D eigenvalue weighted by Gasteiger charge is 2.25. The largest absolute Gasteiger partial charge is 0.338 e. The molecule has 0 bridgehead atoms. The van der Waals surface area contributed by atoms with Gasteiger partial charge in [-0.1, -0.05) is 19.1 Å². The third-order valence-corrected chi connectivity index (χ3v) is 4.92. The Morgan fingerprint density at radius 2 is 2.12 bits per heavy atom. The number of piperidine rings is 1. The Morgan fingerprint density at radius 3 is 2.88 bits per heavy atom. The van der Waals surface area contributed by atoms with E-state index in [0.29, 0.717) is 33.9 Å². The van der Waals surface area contributed by atoms with Gasteiger partial charge in [0.25, 0.3) is 5.91 Å². The van der Waals surface area contributed by atoms with Crippen LogP contribution in [0, 0.1) is 18.7 Å². The molecule has 2 aromatic heterocycles. The summed E-state index contributed by atoms with van der Waals surface area (Å²) in [6.07, 6.45) is 3.78. The van der Waals surface area contributed by atoms with Crippen LogP contribution in [0.5, 0.6) is 0 Å². The van der Waals surface area contributed by atoms with E-state index in [0.717, 1.165) is 25.9 Å². The van der Waals surface area contributed by atoms with E-state index in [1.807, 2.05) is 11.8 Å². The summed E-state index contributed by atoms with van der Waals surface area (Å²) in [6.45, 7) is 5.55. The number of nitrogens with zero attached hydrogens (tertiary/aromatic N) is 4. The maximum atomic E-state index is 14.2. The number of carbonyl (C=O) groups excluding carboxylic acids is 1. The van der Waals surface area contributed by atoms with E-state index in [1.54, 1.807) is 30.5 Å². The van der Waals surface area contributed by atoms with Gasteiger partial charge in [-0.05, 0) is 43.9 Å². The minimum atomic E-state index is -0.376. The fourth-order valence-corrected chi connectivity index (χ4v) is 3.65. The van der Waals surface area contributed by atoms with Gasteiger partial charge in [-0.2, -0.15) is 5.10 Å². The summed E-state index contributed by atoms with van der Waals surface area (Å²) in [6, 6.07) is 8.23. The number of likely N-dealkylation sites (tertiary alicyclic amines) is 1. The molecule has 0 saturated carbocycles. The Morgan fingerprint density at radius 1 is 1.31 bits per heavy atom. The van der Waals surface area contributed by atoms with Crippen molar-refractivity contribution in [1.29, 1.82) is 0 Å². The Balaban J connectivity index is 1.82. The van der Waals surface area contributed by atoms with Crippen molar-refractivity contribution in [2.45, 2.75) is 26.7 Å². The van der Waals surface area contributed by atoms with Crippen LogP contribution < -0.4 is 0 Å². The molecule has 3 aromatic rings. The summed E-state index contributed by atoms with van der Waals surface area (Å²) in [5.41, 5.74) is 2.13. The number of fused-ring (bicyclic) bond motifs is 1. The molecular formula is C20H21FN4O. The first-order valence-corrected chi connectivity index (χ1v) is 8.94. The Labute approximate surface area is 151 Å². The second-order valence-corrected chi connectivity index (χ2v) is 7.05. The Hall–Kier alpha value is -2.76. The van der Waals surface area contributed by atoms with Crippen LogP contribution in [0.1, 0.15) is 35.8 Å². The molecule has 3 heterocycles. The average molecular weight is 352 g/mol. The lowest BCUT2D eigenvalue weighted by Crippen LogP contribution is -2.39. The molecule has 5 nitrogen and oxygen atoms in total. The lowest BCUT2D eigenvalue weighted by molar-refractivity contribution is 0.0685. The molecule has 0 spiro atoms. The van der Waals surface area contributed by atoms with Crippen molar-refractivity contribution < 1.29 is 9.18 Å². The van der Waals surface area contributed by atoms with Crippen molar-refractivity contribution in [2.75, 3.05) is 13.1 Å². The van der Waals surface area contributed by atoms with Crippen molar-refractivity contribution in [3.8, 4) is 5.69 Å². The lowest BCUT2D eigenvalue weighted by Gasteiger charge is -2.31. The molecule has 1 aliphatic heterocycles. The first-order chi connectivity index (χ1) is 12.5. The number of benzene rings is 1. The molecule has 4 rings (SSSR count). The molecule has 0 N–H and O–H groups in total. The molecule has 0 aliphatic carbocycles. The topological polar surface area (TPSA) is 51.0 Å². The van der Waals surface area contributed by atoms with Crippen molar-refractivity contribution >= 4 is 16.9 Å². The van der Waals surface area contributed by atoms with Crippen molar-refractivity contribution in [2.24, 2.45) is 5.92 Å². The highest BCUT2D eigenvalue weighted by atomic mass is 19.1. The summed E-state index contributed by atoms with van der Waals surface area (Å²) in [5.74, 6) is 0.130. The van der Waals surface area contributed by atoms with Gasteiger partial charge in [0.2, 0.25) is 0 Å². The number of carbonyl (C=O) groups is 1. The maximum Gasteiger partial charge on any atom is 0.254 e. The first-order valence-electron chi connectivity index (χ1n) is 8.94. The first kappa shape index (κ1) is 16.7. The quantitative estimate of drug-likeness (QED) is 0.706. The summed E-state index contributed by atoms with van der Waals surface area (Å²) in [4.78, 5) is 19.5. The van der Waals surface area contributed by atoms with E-state index in [9.17, 15) is 9.18 Å². The summed E-state index contributed by atoms with van der Waals surface area (Å²) >= 11 is 0. The standard InChI is InChI=1S/C20H21FN4O/c1-13-6-5-9-24(12-13)20(26)15-10-14(2)23-19-16(15)11-22-25(19)18-8-4-3-7-17(18)21/h3-4,7-8,10-11,13H,5-6,9,12H2,1-2H3/t13-/m1/s1. The number of halogens is 1. The van der Waals surface area contributed by atoms with Crippen LogP contribution in [0.3, 0.4) is 0 Å². The number of amides is 1. The lowest BCUT2D eigenvalue weighted by atomic mass is 9.99. The zero-order valence-corrected chi connectivity index (χ0v) is 14.9. The number of rotatable bonds is 2. The number of aromatic nitrogens is 3. The second kappa shape index (κ2) is 6.52. The molecule has 1 aliphatic rings. The SMILES string of the molecule is Cc1cc(C(=O)N2CCC[C@@H](C)C2)c2cnn(-c3ccccc3F)c2n1. The summed E-state index contributed by atoms with van der Waals surface area (Å²) in [5, 5.41) is 4.97. The second-order valence-electron chi connectivity index (χ2n) is 7.05. The van der Waals surface area contributed by atoms with Gasteiger partial charge in [0.1, 0.15) is 11.5 Å². The normalized spacial score (nSPS) is 17.7. The molecule has 0 radical (unpaired) electrons. The van der Waals surface area contributed by atoms with Crippen LogP contribution in [0.2, 0.25) is 0 Å². The Kier molecular flexibility index (Phi) is 4.18. The van der Waals surface area contributed by atoms with Crippen LogP contribution in [-0.4, -0.2) is 38.7 Å². The summed E-state index contributed by atoms with van der Waals surface area (Å²) < 4.78 is 15.7.